The van der Waals surface area contributed by atoms with Gasteiger partial charge in [-0.1, -0.05) is 84.4 Å². The van der Waals surface area contributed by atoms with Crippen LogP contribution in [0.5, 0.6) is 0 Å². The number of benzene rings is 4. The number of sulfonamides is 1. The van der Waals surface area contributed by atoms with Gasteiger partial charge in [-0.25, -0.2) is 8.42 Å². The van der Waals surface area contributed by atoms with Crippen molar-refractivity contribution in [3.05, 3.63) is 131 Å². The number of halogens is 1. The summed E-state index contributed by atoms with van der Waals surface area (Å²) in [6, 6.07) is 30.5. The number of rotatable bonds is 11. The van der Waals surface area contributed by atoms with Crippen molar-refractivity contribution < 1.29 is 18.0 Å². The maximum Gasteiger partial charge on any atom is 0.264 e. The molecule has 1 atom stereocenters. The van der Waals surface area contributed by atoms with Gasteiger partial charge in [0.25, 0.3) is 10.0 Å². The third-order valence-electron chi connectivity index (χ3n) is 7.10. The summed E-state index contributed by atoms with van der Waals surface area (Å²) in [5.41, 5.74) is 2.39. The van der Waals surface area contributed by atoms with Gasteiger partial charge in [0.05, 0.1) is 10.6 Å². The van der Waals surface area contributed by atoms with Crippen LogP contribution in [0.3, 0.4) is 0 Å². The first-order valence-electron chi connectivity index (χ1n) is 14.4. The van der Waals surface area contributed by atoms with Crippen LogP contribution >= 0.6 is 11.6 Å². The Balaban J connectivity index is 1.82. The summed E-state index contributed by atoms with van der Waals surface area (Å²) in [5.74, 6) is -0.847. The van der Waals surface area contributed by atoms with Crippen LogP contribution in [0.2, 0.25) is 5.02 Å². The third kappa shape index (κ3) is 8.49. The molecule has 4 aromatic carbocycles. The summed E-state index contributed by atoms with van der Waals surface area (Å²) >= 11 is 6.13. The molecule has 4 rings (SSSR count). The first-order valence-corrected chi connectivity index (χ1v) is 16.2. The summed E-state index contributed by atoms with van der Waals surface area (Å²) in [4.78, 5) is 30.0. The van der Waals surface area contributed by atoms with Crippen molar-refractivity contribution in [1.82, 2.24) is 10.2 Å². The van der Waals surface area contributed by atoms with Crippen LogP contribution in [0.1, 0.15) is 37.5 Å². The molecule has 0 aliphatic rings. The molecule has 7 nitrogen and oxygen atoms in total. The molecule has 0 fully saturated rings. The molecule has 230 valence electrons. The fraction of sp³-hybridized carbons (Fsp3) is 0.257. The predicted octanol–water partition coefficient (Wildman–Crippen LogP) is 6.40. The summed E-state index contributed by atoms with van der Waals surface area (Å²) in [6.45, 7) is 7.17. The Bertz CT molecular complexity index is 1670. The lowest BCUT2D eigenvalue weighted by molar-refractivity contribution is -0.140. The van der Waals surface area contributed by atoms with Crippen LogP contribution in [0.25, 0.3) is 0 Å². The van der Waals surface area contributed by atoms with E-state index in [1.54, 1.807) is 42.5 Å². The molecule has 0 aliphatic carbocycles. The Labute approximate surface area is 265 Å². The first kappa shape index (κ1) is 32.8. The van der Waals surface area contributed by atoms with Gasteiger partial charge >= 0.3 is 0 Å². The zero-order chi connectivity index (χ0) is 31.9. The molecular weight excluding hydrogens is 594 g/mol. The van der Waals surface area contributed by atoms with Crippen LogP contribution in [0.15, 0.2) is 114 Å². The van der Waals surface area contributed by atoms with E-state index in [4.69, 9.17) is 11.6 Å². The van der Waals surface area contributed by atoms with Gasteiger partial charge in [0, 0.05) is 23.5 Å². The van der Waals surface area contributed by atoms with Crippen LogP contribution in [-0.2, 0) is 32.6 Å². The van der Waals surface area contributed by atoms with Crippen LogP contribution in [0, 0.1) is 6.92 Å². The molecule has 0 aliphatic heterocycles. The highest BCUT2D eigenvalue weighted by Crippen LogP contribution is 2.26. The van der Waals surface area contributed by atoms with Crippen molar-refractivity contribution in [2.45, 2.75) is 57.1 Å². The normalized spacial score (nSPS) is 12.3. The van der Waals surface area contributed by atoms with Crippen LogP contribution in [-0.4, -0.2) is 43.3 Å². The number of hydrogen-bond donors (Lipinski definition) is 1. The van der Waals surface area contributed by atoms with Crippen molar-refractivity contribution in [3.8, 4) is 0 Å². The third-order valence-corrected chi connectivity index (χ3v) is 9.14. The van der Waals surface area contributed by atoms with E-state index in [-0.39, 0.29) is 29.5 Å². The average molecular weight is 632 g/mol. The Hall–Kier alpha value is -4.14. The van der Waals surface area contributed by atoms with E-state index in [2.05, 4.69) is 5.32 Å². The number of carbonyl (C=O) groups is 2. The molecule has 0 heterocycles. The van der Waals surface area contributed by atoms with E-state index in [1.807, 2.05) is 82.3 Å². The van der Waals surface area contributed by atoms with E-state index >= 15 is 0 Å². The number of carbonyl (C=O) groups excluding carboxylic acids is 2. The van der Waals surface area contributed by atoms with E-state index in [0.29, 0.717) is 5.02 Å². The molecular formula is C35H38ClN3O4S. The zero-order valence-corrected chi connectivity index (χ0v) is 27.0. The summed E-state index contributed by atoms with van der Waals surface area (Å²) in [6.07, 6.45) is 0.243. The second kappa shape index (κ2) is 14.1. The monoisotopic (exact) mass is 631 g/mol. The number of nitrogens with one attached hydrogen (secondary N) is 1. The van der Waals surface area contributed by atoms with E-state index in [1.165, 1.54) is 17.0 Å². The minimum Gasteiger partial charge on any atom is -0.350 e. The lowest BCUT2D eigenvalue weighted by Gasteiger charge is -2.35. The van der Waals surface area contributed by atoms with Crippen molar-refractivity contribution in [1.29, 1.82) is 0 Å². The van der Waals surface area contributed by atoms with Crippen molar-refractivity contribution in [2.24, 2.45) is 0 Å². The lowest BCUT2D eigenvalue weighted by atomic mass is 10.00. The van der Waals surface area contributed by atoms with Gasteiger partial charge in [-0.2, -0.15) is 0 Å². The largest absolute Gasteiger partial charge is 0.350 e. The summed E-state index contributed by atoms with van der Waals surface area (Å²) in [7, 11) is -4.17. The fourth-order valence-corrected chi connectivity index (χ4v) is 6.39. The van der Waals surface area contributed by atoms with E-state index in [9.17, 15) is 18.0 Å². The molecule has 0 saturated carbocycles. The highest BCUT2D eigenvalue weighted by molar-refractivity contribution is 7.92. The molecule has 2 amide bonds. The van der Waals surface area contributed by atoms with Crippen LogP contribution in [0.4, 0.5) is 5.69 Å². The number of aryl methyl sites for hydroxylation is 1. The minimum atomic E-state index is -4.17. The summed E-state index contributed by atoms with van der Waals surface area (Å²) < 4.78 is 29.1. The van der Waals surface area contributed by atoms with E-state index in [0.717, 1.165) is 21.0 Å². The molecule has 1 unspecified atom stereocenters. The smallest absolute Gasteiger partial charge is 0.264 e. The number of nitrogens with zero attached hydrogens (tertiary/aromatic N) is 2. The molecule has 0 aromatic heterocycles. The van der Waals surface area contributed by atoms with Gasteiger partial charge in [0.2, 0.25) is 11.8 Å². The molecule has 0 radical (unpaired) electrons. The van der Waals surface area contributed by atoms with Gasteiger partial charge in [0.15, 0.2) is 0 Å². The van der Waals surface area contributed by atoms with Gasteiger partial charge in [-0.05, 0) is 80.8 Å². The van der Waals surface area contributed by atoms with Gasteiger partial charge in [0.1, 0.15) is 12.6 Å². The number of hydrogen-bond acceptors (Lipinski definition) is 4. The quantitative estimate of drug-likeness (QED) is 0.208. The van der Waals surface area contributed by atoms with Gasteiger partial charge in [-0.15, -0.1) is 0 Å². The Morgan fingerprint density at radius 1 is 0.818 bits per heavy atom. The molecule has 0 bridgehead atoms. The first-order chi connectivity index (χ1) is 20.8. The molecule has 9 heteroatoms. The van der Waals surface area contributed by atoms with Crippen molar-refractivity contribution in [2.75, 3.05) is 10.8 Å². The standard InChI is InChI=1S/C35H38ClN3O4S/c1-26-13-11-12-16-28(26)24-38(32(34(41)37-35(2,3)4)23-27-14-7-5-8-15-27)33(40)25-39(30-21-19-29(36)20-22-30)44(42,43)31-17-9-6-10-18-31/h5-22,32H,23-25H2,1-4H3,(H,37,41). The second-order valence-corrected chi connectivity index (χ2v) is 14.0. The SMILES string of the molecule is Cc1ccccc1CN(C(=O)CN(c1ccc(Cl)cc1)S(=O)(=O)c1ccccc1)C(Cc1ccccc1)C(=O)NC(C)(C)C. The zero-order valence-electron chi connectivity index (χ0n) is 25.4. The topological polar surface area (TPSA) is 86.8 Å². The fourth-order valence-electron chi connectivity index (χ4n) is 4.83. The van der Waals surface area contributed by atoms with Crippen molar-refractivity contribution >= 4 is 39.1 Å². The molecule has 0 spiro atoms. The minimum absolute atomic E-state index is 0.0412. The van der Waals surface area contributed by atoms with Crippen LogP contribution < -0.4 is 9.62 Å². The number of anilines is 1. The molecule has 4 aromatic rings. The lowest BCUT2D eigenvalue weighted by Crippen LogP contribution is -2.56. The second-order valence-electron chi connectivity index (χ2n) is 11.7. The number of amides is 2. The highest BCUT2D eigenvalue weighted by atomic mass is 35.5. The van der Waals surface area contributed by atoms with Gasteiger partial charge < -0.3 is 10.2 Å². The molecule has 44 heavy (non-hydrogen) atoms. The van der Waals surface area contributed by atoms with Gasteiger partial charge in [-0.3, -0.25) is 13.9 Å². The van der Waals surface area contributed by atoms with E-state index < -0.39 is 34.1 Å². The summed E-state index contributed by atoms with van der Waals surface area (Å²) in [5, 5.41) is 3.47. The Morgan fingerprint density at radius 2 is 1.39 bits per heavy atom. The Kier molecular flexibility index (Phi) is 10.5. The molecule has 1 N–H and O–H groups in total. The highest BCUT2D eigenvalue weighted by Gasteiger charge is 2.35. The Morgan fingerprint density at radius 3 is 1.98 bits per heavy atom. The maximum atomic E-state index is 14.5. The van der Waals surface area contributed by atoms with Crippen molar-refractivity contribution in [3.63, 3.8) is 0 Å². The predicted molar refractivity (Wildman–Crippen MR) is 176 cm³/mol. The maximum absolute atomic E-state index is 14.5. The average Bonchev–Trinajstić information content (AvgIpc) is 2.99. The molecule has 0 saturated heterocycles.